The molecule has 5 nitrogen and oxygen atoms in total. The molecular formula is C12H12F3N5. The SMILES string of the molecule is CCNc1cnc(-c2cncc(N)c2)nc1C(F)(F)F. The Hall–Kier alpha value is -2.38. The highest BCUT2D eigenvalue weighted by Crippen LogP contribution is 2.34. The number of anilines is 2. The van der Waals surface area contributed by atoms with E-state index in [1.54, 1.807) is 6.92 Å². The highest BCUT2D eigenvalue weighted by molar-refractivity contribution is 5.61. The molecule has 8 heteroatoms. The molecule has 2 aromatic heterocycles. The molecule has 3 N–H and O–H groups in total. The summed E-state index contributed by atoms with van der Waals surface area (Å²) in [6.45, 7) is 2.03. The van der Waals surface area contributed by atoms with Gasteiger partial charge in [-0.05, 0) is 13.0 Å². The molecule has 0 aliphatic rings. The number of alkyl halides is 3. The topological polar surface area (TPSA) is 76.7 Å². The number of nitrogens with two attached hydrogens (primary N) is 1. The molecule has 2 rings (SSSR count). The summed E-state index contributed by atoms with van der Waals surface area (Å²) in [4.78, 5) is 11.3. The van der Waals surface area contributed by atoms with Crippen LogP contribution in [0.4, 0.5) is 24.5 Å². The molecule has 2 aromatic rings. The third-order valence-corrected chi connectivity index (χ3v) is 2.44. The van der Waals surface area contributed by atoms with E-state index in [0.717, 1.165) is 6.20 Å². The molecule has 0 aliphatic heterocycles. The fraction of sp³-hybridized carbons (Fsp3) is 0.250. The van der Waals surface area contributed by atoms with Crippen molar-refractivity contribution in [2.75, 3.05) is 17.6 Å². The minimum atomic E-state index is -4.57. The largest absolute Gasteiger partial charge is 0.435 e. The summed E-state index contributed by atoms with van der Waals surface area (Å²) in [5.74, 6) is -0.0706. The zero-order valence-corrected chi connectivity index (χ0v) is 10.6. The van der Waals surface area contributed by atoms with Crippen LogP contribution in [0.2, 0.25) is 0 Å². The fourth-order valence-corrected chi connectivity index (χ4v) is 1.64. The smallest absolute Gasteiger partial charge is 0.397 e. The van der Waals surface area contributed by atoms with Crippen molar-refractivity contribution in [3.05, 3.63) is 30.4 Å². The molecular weight excluding hydrogens is 271 g/mol. The Labute approximate surface area is 113 Å². The molecule has 0 aliphatic carbocycles. The van der Waals surface area contributed by atoms with Gasteiger partial charge in [0.1, 0.15) is 0 Å². The Morgan fingerprint density at radius 1 is 1.25 bits per heavy atom. The van der Waals surface area contributed by atoms with Crippen molar-refractivity contribution in [1.82, 2.24) is 15.0 Å². The van der Waals surface area contributed by atoms with Crippen LogP contribution in [0.1, 0.15) is 12.6 Å². The van der Waals surface area contributed by atoms with Gasteiger partial charge >= 0.3 is 6.18 Å². The first-order valence-corrected chi connectivity index (χ1v) is 5.81. The van der Waals surface area contributed by atoms with Gasteiger partial charge in [0.2, 0.25) is 0 Å². The normalized spacial score (nSPS) is 11.4. The first-order chi connectivity index (χ1) is 9.41. The quantitative estimate of drug-likeness (QED) is 0.905. The van der Waals surface area contributed by atoms with Gasteiger partial charge in [0.15, 0.2) is 11.5 Å². The number of nitrogens with one attached hydrogen (secondary N) is 1. The van der Waals surface area contributed by atoms with Gasteiger partial charge in [-0.3, -0.25) is 4.98 Å². The Kier molecular flexibility index (Phi) is 3.73. The van der Waals surface area contributed by atoms with E-state index >= 15 is 0 Å². The standard InChI is InChI=1S/C12H12F3N5/c1-2-18-9-6-19-11(20-10(9)12(13,14)15)7-3-8(16)5-17-4-7/h3-6,18H,2,16H2,1H3. The van der Waals surface area contributed by atoms with Crippen LogP contribution in [0.5, 0.6) is 0 Å². The number of aromatic nitrogens is 3. The average molecular weight is 283 g/mol. The second-order valence-electron chi connectivity index (χ2n) is 3.99. The third kappa shape index (κ3) is 2.95. The summed E-state index contributed by atoms with van der Waals surface area (Å²) < 4.78 is 38.9. The fourth-order valence-electron chi connectivity index (χ4n) is 1.64. The molecule has 0 fully saturated rings. The zero-order chi connectivity index (χ0) is 14.8. The van der Waals surface area contributed by atoms with Crippen molar-refractivity contribution in [3.8, 4) is 11.4 Å². The Balaban J connectivity index is 2.52. The maximum Gasteiger partial charge on any atom is 0.435 e. The van der Waals surface area contributed by atoms with Gasteiger partial charge in [-0.15, -0.1) is 0 Å². The molecule has 106 valence electrons. The van der Waals surface area contributed by atoms with E-state index in [4.69, 9.17) is 5.73 Å². The van der Waals surface area contributed by atoms with Gasteiger partial charge < -0.3 is 11.1 Å². The Morgan fingerprint density at radius 2 is 2.00 bits per heavy atom. The number of pyridine rings is 1. The third-order valence-electron chi connectivity index (χ3n) is 2.44. The van der Waals surface area contributed by atoms with Gasteiger partial charge in [-0.25, -0.2) is 9.97 Å². The molecule has 0 saturated heterocycles. The van der Waals surface area contributed by atoms with Crippen LogP contribution in [-0.4, -0.2) is 21.5 Å². The van der Waals surface area contributed by atoms with E-state index in [1.165, 1.54) is 18.5 Å². The summed E-state index contributed by atoms with van der Waals surface area (Å²) in [6.07, 6.45) is -0.708. The van der Waals surface area contributed by atoms with Crippen LogP contribution < -0.4 is 11.1 Å². The number of nitrogens with zero attached hydrogens (tertiary/aromatic N) is 3. The van der Waals surface area contributed by atoms with Gasteiger partial charge in [-0.1, -0.05) is 0 Å². The molecule has 0 spiro atoms. The lowest BCUT2D eigenvalue weighted by Gasteiger charge is -2.13. The summed E-state index contributed by atoms with van der Waals surface area (Å²) >= 11 is 0. The lowest BCUT2D eigenvalue weighted by molar-refractivity contribution is -0.140. The van der Waals surface area contributed by atoms with Crippen molar-refractivity contribution in [3.63, 3.8) is 0 Å². The monoisotopic (exact) mass is 283 g/mol. The molecule has 0 radical (unpaired) electrons. The number of rotatable bonds is 3. The predicted octanol–water partition coefficient (Wildman–Crippen LogP) is 2.57. The number of hydrogen-bond acceptors (Lipinski definition) is 5. The van der Waals surface area contributed by atoms with E-state index < -0.39 is 11.9 Å². The van der Waals surface area contributed by atoms with E-state index in [0.29, 0.717) is 17.8 Å². The van der Waals surface area contributed by atoms with E-state index in [9.17, 15) is 13.2 Å². The van der Waals surface area contributed by atoms with Crippen LogP contribution >= 0.6 is 0 Å². The van der Waals surface area contributed by atoms with Crippen LogP contribution in [0.3, 0.4) is 0 Å². The average Bonchev–Trinajstić information content (AvgIpc) is 2.38. The van der Waals surface area contributed by atoms with Gasteiger partial charge in [0.05, 0.1) is 17.6 Å². The van der Waals surface area contributed by atoms with Gasteiger partial charge in [-0.2, -0.15) is 13.2 Å². The molecule has 0 saturated carbocycles. The lowest BCUT2D eigenvalue weighted by atomic mass is 10.2. The van der Waals surface area contributed by atoms with Crippen molar-refractivity contribution in [2.45, 2.75) is 13.1 Å². The minimum Gasteiger partial charge on any atom is -0.397 e. The predicted molar refractivity (Wildman–Crippen MR) is 68.8 cm³/mol. The summed E-state index contributed by atoms with van der Waals surface area (Å²) in [6, 6.07) is 1.47. The summed E-state index contributed by atoms with van der Waals surface area (Å²) in [7, 11) is 0. The maximum absolute atomic E-state index is 13.0. The van der Waals surface area contributed by atoms with Gasteiger partial charge in [0.25, 0.3) is 0 Å². The van der Waals surface area contributed by atoms with E-state index in [2.05, 4.69) is 20.3 Å². The second-order valence-corrected chi connectivity index (χ2v) is 3.99. The Bertz CT molecular complexity index is 612. The molecule has 0 amide bonds. The highest BCUT2D eigenvalue weighted by Gasteiger charge is 2.36. The van der Waals surface area contributed by atoms with Crippen molar-refractivity contribution < 1.29 is 13.2 Å². The Morgan fingerprint density at radius 3 is 2.60 bits per heavy atom. The first kappa shape index (κ1) is 14.0. The first-order valence-electron chi connectivity index (χ1n) is 5.81. The van der Waals surface area contributed by atoms with Crippen LogP contribution in [0.25, 0.3) is 11.4 Å². The molecule has 2 heterocycles. The van der Waals surface area contributed by atoms with Crippen molar-refractivity contribution >= 4 is 11.4 Å². The molecule has 0 atom stereocenters. The summed E-state index contributed by atoms with van der Waals surface area (Å²) in [5.41, 5.74) is 5.05. The summed E-state index contributed by atoms with van der Waals surface area (Å²) in [5, 5.41) is 2.59. The molecule has 0 unspecified atom stereocenters. The van der Waals surface area contributed by atoms with E-state index in [1.807, 2.05) is 0 Å². The molecule has 20 heavy (non-hydrogen) atoms. The number of hydrogen-bond donors (Lipinski definition) is 2. The maximum atomic E-state index is 13.0. The van der Waals surface area contributed by atoms with Crippen LogP contribution in [-0.2, 0) is 6.18 Å². The van der Waals surface area contributed by atoms with Crippen molar-refractivity contribution in [2.24, 2.45) is 0 Å². The zero-order valence-electron chi connectivity index (χ0n) is 10.6. The molecule has 0 bridgehead atoms. The highest BCUT2D eigenvalue weighted by atomic mass is 19.4. The van der Waals surface area contributed by atoms with Crippen LogP contribution in [0.15, 0.2) is 24.7 Å². The van der Waals surface area contributed by atoms with E-state index in [-0.39, 0.29) is 11.5 Å². The second kappa shape index (κ2) is 5.32. The minimum absolute atomic E-state index is 0.0706. The van der Waals surface area contributed by atoms with Crippen LogP contribution in [0, 0.1) is 0 Å². The number of nitrogen functional groups attached to an aromatic ring is 1. The lowest BCUT2D eigenvalue weighted by Crippen LogP contribution is -2.14. The van der Waals surface area contributed by atoms with Crippen molar-refractivity contribution in [1.29, 1.82) is 0 Å². The molecule has 0 aromatic carbocycles. The van der Waals surface area contributed by atoms with Gasteiger partial charge in [0, 0.05) is 24.5 Å². The number of halogens is 3.